The molecule has 2 heterocycles. The SMILES string of the molecule is [B]=C1c2ccccc2C(=O)N1CCCN1CC(OC)C1. The van der Waals surface area contributed by atoms with Gasteiger partial charge in [0.1, 0.15) is 0 Å². The first-order chi connectivity index (χ1) is 9.70. The Morgan fingerprint density at radius 1 is 1.25 bits per heavy atom. The molecule has 0 spiro atoms. The van der Waals surface area contributed by atoms with Crippen LogP contribution in [0.25, 0.3) is 0 Å². The van der Waals surface area contributed by atoms with Gasteiger partial charge in [0.25, 0.3) is 0 Å². The number of carbonyl (C=O) groups is 1. The molecule has 0 N–H and O–H groups in total. The molecule has 1 fully saturated rings. The van der Waals surface area contributed by atoms with Gasteiger partial charge in [-0.2, -0.15) is 0 Å². The number of rotatable bonds is 5. The van der Waals surface area contributed by atoms with Crippen LogP contribution >= 0.6 is 0 Å². The second-order valence-electron chi connectivity index (χ2n) is 5.36. The van der Waals surface area contributed by atoms with Crippen LogP contribution in [0.1, 0.15) is 22.3 Å². The van der Waals surface area contributed by atoms with Crippen molar-refractivity contribution in [3.63, 3.8) is 0 Å². The van der Waals surface area contributed by atoms with Crippen molar-refractivity contribution in [2.75, 3.05) is 33.3 Å². The molecule has 1 amide bonds. The van der Waals surface area contributed by atoms with Gasteiger partial charge in [-0.05, 0) is 0 Å². The summed E-state index contributed by atoms with van der Waals surface area (Å²) in [5.74, 6) is 0.0245. The minimum atomic E-state index is 0.0245. The van der Waals surface area contributed by atoms with Gasteiger partial charge in [0, 0.05) is 0 Å². The number of hydrogen-bond acceptors (Lipinski definition) is 3. The van der Waals surface area contributed by atoms with E-state index < -0.39 is 0 Å². The van der Waals surface area contributed by atoms with Crippen LogP contribution in [-0.2, 0) is 4.74 Å². The number of carbonyl (C=O) groups excluding carboxylic acids is 1. The average Bonchev–Trinajstić information content (AvgIpc) is 2.66. The van der Waals surface area contributed by atoms with E-state index in [1.54, 1.807) is 12.0 Å². The van der Waals surface area contributed by atoms with Crippen LogP contribution in [0.3, 0.4) is 0 Å². The van der Waals surface area contributed by atoms with Gasteiger partial charge >= 0.3 is 120 Å². The topological polar surface area (TPSA) is 32.8 Å². The van der Waals surface area contributed by atoms with Crippen molar-refractivity contribution >= 4 is 19.0 Å². The molecule has 2 aliphatic rings. The predicted molar refractivity (Wildman–Crippen MR) is 79.2 cm³/mol. The monoisotopic (exact) mass is 269 g/mol. The van der Waals surface area contributed by atoms with E-state index >= 15 is 0 Å². The van der Waals surface area contributed by atoms with Crippen molar-refractivity contribution in [3.8, 4) is 0 Å². The number of hydrogen-bond donors (Lipinski definition) is 0. The molecular weight excluding hydrogens is 251 g/mol. The number of ether oxygens (including phenoxy) is 1. The summed E-state index contributed by atoms with van der Waals surface area (Å²) in [7, 11) is 7.82. The number of methoxy groups -OCH3 is 1. The van der Waals surface area contributed by atoms with Gasteiger partial charge < -0.3 is 0 Å². The Kier molecular flexibility index (Phi) is 3.72. The zero-order valence-corrected chi connectivity index (χ0v) is 11.7. The maximum atomic E-state index is 12.3. The van der Waals surface area contributed by atoms with Gasteiger partial charge in [-0.15, -0.1) is 0 Å². The number of nitrogens with zero attached hydrogens (tertiary/aromatic N) is 2. The molecule has 5 heteroatoms. The summed E-state index contributed by atoms with van der Waals surface area (Å²) in [5.41, 5.74) is 2.17. The normalized spacial score (nSPS) is 19.3. The molecule has 0 bridgehead atoms. The van der Waals surface area contributed by atoms with Crippen molar-refractivity contribution in [1.29, 1.82) is 0 Å². The minimum absolute atomic E-state index is 0.0245. The van der Waals surface area contributed by atoms with Gasteiger partial charge in [-0.1, -0.05) is 0 Å². The molecular formula is C15H18BN2O2. The molecule has 3 rings (SSSR count). The molecule has 1 saturated heterocycles. The van der Waals surface area contributed by atoms with E-state index in [2.05, 4.69) is 4.90 Å². The van der Waals surface area contributed by atoms with Crippen LogP contribution in [0.4, 0.5) is 0 Å². The molecule has 0 aromatic heterocycles. The molecule has 20 heavy (non-hydrogen) atoms. The van der Waals surface area contributed by atoms with Crippen LogP contribution in [0, 0.1) is 0 Å². The van der Waals surface area contributed by atoms with Crippen LogP contribution < -0.4 is 0 Å². The van der Waals surface area contributed by atoms with Gasteiger partial charge in [-0.25, -0.2) is 0 Å². The van der Waals surface area contributed by atoms with E-state index in [1.807, 2.05) is 24.3 Å². The summed E-state index contributed by atoms with van der Waals surface area (Å²) in [6.45, 7) is 3.63. The Hall–Kier alpha value is -1.46. The molecule has 0 atom stereocenters. The molecule has 0 saturated carbocycles. The fourth-order valence-corrected chi connectivity index (χ4v) is 2.82. The van der Waals surface area contributed by atoms with Crippen molar-refractivity contribution in [2.45, 2.75) is 12.5 Å². The van der Waals surface area contributed by atoms with Crippen LogP contribution in [0.5, 0.6) is 0 Å². The molecule has 0 unspecified atom stereocenters. The average molecular weight is 269 g/mol. The van der Waals surface area contributed by atoms with Crippen molar-refractivity contribution in [2.24, 2.45) is 0 Å². The number of likely N-dealkylation sites (tertiary alicyclic amines) is 1. The Labute approximate surface area is 120 Å². The van der Waals surface area contributed by atoms with E-state index in [0.717, 1.165) is 31.6 Å². The first-order valence-corrected chi connectivity index (χ1v) is 6.99. The molecule has 2 aliphatic heterocycles. The quantitative estimate of drug-likeness (QED) is 0.730. The molecule has 4 nitrogen and oxygen atoms in total. The second kappa shape index (κ2) is 5.50. The zero-order chi connectivity index (χ0) is 14.1. The first kappa shape index (κ1) is 13.5. The maximum absolute atomic E-state index is 12.3. The van der Waals surface area contributed by atoms with E-state index in [9.17, 15) is 4.79 Å². The third-order valence-corrected chi connectivity index (χ3v) is 4.08. The Bertz CT molecular complexity index is 505. The molecule has 1 aromatic carbocycles. The first-order valence-electron chi connectivity index (χ1n) is 6.99. The third kappa shape index (κ3) is 2.32. The van der Waals surface area contributed by atoms with Gasteiger partial charge in [0.05, 0.1) is 0 Å². The van der Waals surface area contributed by atoms with Gasteiger partial charge in [-0.3, -0.25) is 0 Å². The Balaban J connectivity index is 1.52. The van der Waals surface area contributed by atoms with Crippen molar-refractivity contribution in [1.82, 2.24) is 9.80 Å². The summed E-state index contributed by atoms with van der Waals surface area (Å²) in [4.78, 5) is 16.3. The summed E-state index contributed by atoms with van der Waals surface area (Å²) < 4.78 is 5.24. The Morgan fingerprint density at radius 3 is 2.60 bits per heavy atom. The standard InChI is InChI=1S/C15H18BN2O2/c1-20-11-9-17(10-11)7-4-8-18-14(16)12-5-2-3-6-13(12)15(18)19/h2-3,5-6,11H,4,7-10H2,1H3. The van der Waals surface area contributed by atoms with Gasteiger partial charge in [0.2, 0.25) is 0 Å². The van der Waals surface area contributed by atoms with E-state index in [1.165, 1.54) is 0 Å². The molecule has 1 aromatic rings. The predicted octanol–water partition coefficient (Wildman–Crippen LogP) is 0.510. The third-order valence-electron chi connectivity index (χ3n) is 4.08. The van der Waals surface area contributed by atoms with Crippen LogP contribution in [0.2, 0.25) is 0 Å². The molecule has 103 valence electrons. The van der Waals surface area contributed by atoms with Crippen molar-refractivity contribution in [3.05, 3.63) is 35.4 Å². The zero-order valence-electron chi connectivity index (χ0n) is 11.7. The van der Waals surface area contributed by atoms with Crippen molar-refractivity contribution < 1.29 is 9.53 Å². The number of fused-ring (bicyclic) bond motifs is 1. The number of benzene rings is 1. The molecule has 0 aliphatic carbocycles. The fraction of sp³-hybridized carbons (Fsp3) is 0.467. The summed E-state index contributed by atoms with van der Waals surface area (Å²) in [6, 6.07) is 7.52. The van der Waals surface area contributed by atoms with Crippen LogP contribution in [-0.4, -0.2) is 68.2 Å². The van der Waals surface area contributed by atoms with Crippen LogP contribution in [0.15, 0.2) is 24.3 Å². The summed E-state index contributed by atoms with van der Waals surface area (Å²) >= 11 is 0. The van der Waals surface area contributed by atoms with Gasteiger partial charge in [0.15, 0.2) is 0 Å². The molecule has 1 radical (unpaired) electrons. The summed E-state index contributed by atoms with van der Waals surface area (Å²) in [5, 5.41) is 0. The summed E-state index contributed by atoms with van der Waals surface area (Å²) in [6.07, 6.45) is 1.31. The number of amides is 1. The van der Waals surface area contributed by atoms with E-state index in [4.69, 9.17) is 12.2 Å². The second-order valence-corrected chi connectivity index (χ2v) is 5.36. The van der Waals surface area contributed by atoms with E-state index in [-0.39, 0.29) is 5.91 Å². The van der Waals surface area contributed by atoms with E-state index in [0.29, 0.717) is 23.8 Å². The Morgan fingerprint density at radius 2 is 1.95 bits per heavy atom. The fourth-order valence-electron chi connectivity index (χ4n) is 2.82.